The van der Waals surface area contributed by atoms with Crippen molar-refractivity contribution >= 4 is 17.5 Å². The Morgan fingerprint density at radius 1 is 0.926 bits per heavy atom. The number of fused-ring (bicyclic) bond motifs is 3. The van der Waals surface area contributed by atoms with Crippen molar-refractivity contribution in [3.05, 3.63) is 71.4 Å². The van der Waals surface area contributed by atoms with Crippen LogP contribution in [0.4, 0.5) is 0 Å². The summed E-state index contributed by atoms with van der Waals surface area (Å²) >= 11 is 0. The van der Waals surface area contributed by atoms with Crippen molar-refractivity contribution in [3.63, 3.8) is 0 Å². The van der Waals surface area contributed by atoms with Gasteiger partial charge in [-0.25, -0.2) is 4.79 Å². The van der Waals surface area contributed by atoms with Gasteiger partial charge < -0.3 is 4.74 Å². The van der Waals surface area contributed by atoms with Crippen LogP contribution < -0.4 is 5.43 Å². The summed E-state index contributed by atoms with van der Waals surface area (Å²) in [6.45, 7) is 5.36. The average molecular weight is 362 g/mol. The predicted molar refractivity (Wildman–Crippen MR) is 105 cm³/mol. The van der Waals surface area contributed by atoms with Crippen LogP contribution in [-0.2, 0) is 14.3 Å². The maximum atomic E-state index is 12.3. The zero-order valence-electron chi connectivity index (χ0n) is 15.9. The van der Waals surface area contributed by atoms with Crippen molar-refractivity contribution in [3.8, 4) is 11.1 Å². The number of methoxy groups -OCH3 is 1. The lowest BCUT2D eigenvalue weighted by molar-refractivity contribution is -0.137. The Labute approximate surface area is 158 Å². The molecule has 0 aliphatic heterocycles. The largest absolute Gasteiger partial charge is 0.464 e. The number of nitrogens with one attached hydrogen (secondary N) is 1. The van der Waals surface area contributed by atoms with Crippen LogP contribution in [0.3, 0.4) is 0 Å². The first kappa shape index (κ1) is 18.6. The fourth-order valence-electron chi connectivity index (χ4n) is 2.83. The van der Waals surface area contributed by atoms with E-state index in [0.717, 1.165) is 28.0 Å². The van der Waals surface area contributed by atoms with E-state index in [1.807, 2.05) is 48.5 Å². The number of carbonyl (C=O) groups is 2. The summed E-state index contributed by atoms with van der Waals surface area (Å²) in [4.78, 5) is 24.4. The van der Waals surface area contributed by atoms with E-state index in [-0.39, 0.29) is 11.5 Å². The Morgan fingerprint density at radius 2 is 1.41 bits per heavy atom. The van der Waals surface area contributed by atoms with E-state index in [9.17, 15) is 9.59 Å². The third-order valence-corrected chi connectivity index (χ3v) is 4.36. The second kappa shape index (κ2) is 7.19. The van der Waals surface area contributed by atoms with Crippen LogP contribution in [-0.4, -0.2) is 24.6 Å². The Morgan fingerprint density at radius 3 is 1.85 bits per heavy atom. The summed E-state index contributed by atoms with van der Waals surface area (Å²) in [6, 6.07) is 15.9. The first-order valence-corrected chi connectivity index (χ1v) is 8.70. The molecule has 27 heavy (non-hydrogen) atoms. The fraction of sp³-hybridized carbons (Fsp3) is 0.227. The van der Waals surface area contributed by atoms with Crippen molar-refractivity contribution in [2.24, 2.45) is 10.5 Å². The fourth-order valence-corrected chi connectivity index (χ4v) is 2.83. The highest BCUT2D eigenvalue weighted by Gasteiger charge is 2.25. The highest BCUT2D eigenvalue weighted by molar-refractivity contribution is 6.24. The van der Waals surface area contributed by atoms with Gasteiger partial charge in [-0.2, -0.15) is 5.10 Å². The molecular formula is C22H22N2O3. The van der Waals surface area contributed by atoms with Crippen LogP contribution in [0.25, 0.3) is 11.1 Å². The molecular weight excluding hydrogens is 340 g/mol. The molecule has 1 aliphatic rings. The van der Waals surface area contributed by atoms with Crippen molar-refractivity contribution in [2.75, 3.05) is 7.11 Å². The predicted octanol–water partition coefficient (Wildman–Crippen LogP) is 3.68. The number of hydrogen-bond acceptors (Lipinski definition) is 5. The molecule has 0 atom stereocenters. The highest BCUT2D eigenvalue weighted by Crippen LogP contribution is 2.36. The summed E-state index contributed by atoms with van der Waals surface area (Å²) in [5.74, 6) is -0.834. The lowest BCUT2D eigenvalue weighted by Gasteiger charge is -2.14. The van der Waals surface area contributed by atoms with Gasteiger partial charge in [0.15, 0.2) is 5.78 Å². The van der Waals surface area contributed by atoms with Gasteiger partial charge in [0.05, 0.1) is 12.8 Å². The van der Waals surface area contributed by atoms with E-state index in [1.54, 1.807) is 20.8 Å². The SMILES string of the molecule is COC(=O)/C(=C/C(=O)C(C)(C)C)NN=C1c2ccccc2-c2ccccc21. The monoisotopic (exact) mass is 362 g/mol. The molecule has 0 amide bonds. The molecule has 3 rings (SSSR count). The molecule has 2 aromatic carbocycles. The number of allylic oxidation sites excluding steroid dienone is 1. The Kier molecular flexibility index (Phi) is 4.95. The Bertz CT molecular complexity index is 918. The first-order chi connectivity index (χ1) is 12.8. The maximum absolute atomic E-state index is 12.3. The minimum Gasteiger partial charge on any atom is -0.464 e. The maximum Gasteiger partial charge on any atom is 0.356 e. The molecule has 1 N–H and O–H groups in total. The Hall–Kier alpha value is -3.21. The number of benzene rings is 2. The molecule has 0 fully saturated rings. The van der Waals surface area contributed by atoms with Gasteiger partial charge in [0.25, 0.3) is 0 Å². The van der Waals surface area contributed by atoms with Crippen LogP contribution >= 0.6 is 0 Å². The van der Waals surface area contributed by atoms with Crippen molar-refractivity contribution in [1.82, 2.24) is 5.43 Å². The van der Waals surface area contributed by atoms with E-state index in [0.29, 0.717) is 0 Å². The van der Waals surface area contributed by atoms with Gasteiger partial charge in [-0.15, -0.1) is 0 Å². The third-order valence-electron chi connectivity index (χ3n) is 4.36. The average Bonchev–Trinajstić information content (AvgIpc) is 2.97. The number of hydrazone groups is 1. The van der Waals surface area contributed by atoms with Gasteiger partial charge in [0.1, 0.15) is 5.70 Å². The van der Waals surface area contributed by atoms with Gasteiger partial charge in [0.2, 0.25) is 0 Å². The number of hydrogen-bond donors (Lipinski definition) is 1. The van der Waals surface area contributed by atoms with Gasteiger partial charge in [0, 0.05) is 22.6 Å². The topological polar surface area (TPSA) is 67.8 Å². The van der Waals surface area contributed by atoms with E-state index in [2.05, 4.69) is 10.5 Å². The summed E-state index contributed by atoms with van der Waals surface area (Å²) in [6.07, 6.45) is 1.25. The zero-order chi connectivity index (χ0) is 19.6. The zero-order valence-corrected chi connectivity index (χ0v) is 15.9. The van der Waals surface area contributed by atoms with E-state index in [1.165, 1.54) is 13.2 Å². The van der Waals surface area contributed by atoms with Gasteiger partial charge in [-0.05, 0) is 11.1 Å². The van der Waals surface area contributed by atoms with E-state index < -0.39 is 11.4 Å². The molecule has 2 aromatic rings. The van der Waals surface area contributed by atoms with Gasteiger partial charge in [-0.1, -0.05) is 69.3 Å². The second-order valence-electron chi connectivity index (χ2n) is 7.33. The minimum atomic E-state index is -0.642. The molecule has 0 spiro atoms. The van der Waals surface area contributed by atoms with Crippen molar-refractivity contribution < 1.29 is 14.3 Å². The Balaban J connectivity index is 2.01. The lowest BCUT2D eigenvalue weighted by atomic mass is 9.90. The first-order valence-electron chi connectivity index (χ1n) is 8.70. The smallest absolute Gasteiger partial charge is 0.356 e. The third kappa shape index (κ3) is 3.67. The number of nitrogens with zero attached hydrogens (tertiary/aromatic N) is 1. The standard InChI is InChI=1S/C22H22N2O3/c1-22(2,3)19(25)13-18(21(26)27-4)23-24-20-16-11-7-5-9-14(16)15-10-6-8-12-17(15)20/h5-13,23H,1-4H3/b18-13-. The molecule has 0 unspecified atom stereocenters. The minimum absolute atomic E-state index is 0.00628. The quantitative estimate of drug-likeness (QED) is 0.437. The number of esters is 1. The summed E-state index contributed by atoms with van der Waals surface area (Å²) in [5, 5.41) is 4.46. The summed E-state index contributed by atoms with van der Waals surface area (Å²) < 4.78 is 4.79. The van der Waals surface area contributed by atoms with Gasteiger partial charge >= 0.3 is 5.97 Å². The van der Waals surface area contributed by atoms with Crippen LogP contribution in [0, 0.1) is 5.41 Å². The molecule has 5 nitrogen and oxygen atoms in total. The number of carbonyl (C=O) groups excluding carboxylic acids is 2. The number of ketones is 1. The van der Waals surface area contributed by atoms with Crippen LogP contribution in [0.5, 0.6) is 0 Å². The van der Waals surface area contributed by atoms with Gasteiger partial charge in [-0.3, -0.25) is 10.2 Å². The molecule has 1 aliphatic carbocycles. The van der Waals surface area contributed by atoms with E-state index in [4.69, 9.17) is 4.74 Å². The number of ether oxygens (including phenoxy) is 1. The lowest BCUT2D eigenvalue weighted by Crippen LogP contribution is -2.24. The molecule has 0 saturated carbocycles. The highest BCUT2D eigenvalue weighted by atomic mass is 16.5. The van der Waals surface area contributed by atoms with Crippen LogP contribution in [0.15, 0.2) is 65.4 Å². The molecule has 5 heteroatoms. The second-order valence-corrected chi connectivity index (χ2v) is 7.33. The molecule has 0 saturated heterocycles. The molecule has 0 aromatic heterocycles. The van der Waals surface area contributed by atoms with E-state index >= 15 is 0 Å². The normalized spacial score (nSPS) is 12.9. The van der Waals surface area contributed by atoms with Crippen LogP contribution in [0.2, 0.25) is 0 Å². The van der Waals surface area contributed by atoms with Crippen molar-refractivity contribution in [1.29, 1.82) is 0 Å². The molecule has 0 bridgehead atoms. The number of rotatable bonds is 4. The summed E-state index contributed by atoms with van der Waals surface area (Å²) in [7, 11) is 1.27. The van der Waals surface area contributed by atoms with Crippen LogP contribution in [0.1, 0.15) is 31.9 Å². The summed E-state index contributed by atoms with van der Waals surface area (Å²) in [5.41, 5.74) is 6.98. The molecule has 138 valence electrons. The molecule has 0 radical (unpaired) electrons. The van der Waals surface area contributed by atoms with Crippen molar-refractivity contribution in [2.45, 2.75) is 20.8 Å². The molecule has 0 heterocycles.